The van der Waals surface area contributed by atoms with Crippen LogP contribution in [-0.4, -0.2) is 57.0 Å². The number of carbonyl (C=O) groups is 2. The Morgan fingerprint density at radius 2 is 1.59 bits per heavy atom. The third-order valence-electron chi connectivity index (χ3n) is 5.76. The molecule has 2 heterocycles. The predicted molar refractivity (Wildman–Crippen MR) is 125 cm³/mol. The van der Waals surface area contributed by atoms with Gasteiger partial charge in [0.1, 0.15) is 13.2 Å². The lowest BCUT2D eigenvalue weighted by Crippen LogP contribution is -2.32. The molecule has 9 nitrogen and oxygen atoms in total. The fourth-order valence-corrected chi connectivity index (χ4v) is 5.36. The molecule has 10 heteroatoms. The molecule has 1 atom stereocenters. The average molecular weight is 489 g/mol. The van der Waals surface area contributed by atoms with Crippen LogP contribution in [0.4, 0.5) is 5.69 Å². The van der Waals surface area contributed by atoms with Crippen molar-refractivity contribution in [3.05, 3.63) is 48.0 Å². The van der Waals surface area contributed by atoms with E-state index in [9.17, 15) is 18.0 Å². The van der Waals surface area contributed by atoms with Crippen LogP contribution in [0.5, 0.6) is 11.5 Å². The summed E-state index contributed by atoms with van der Waals surface area (Å²) < 4.78 is 43.5. The highest BCUT2D eigenvalue weighted by atomic mass is 32.2. The number of rotatable bonds is 6. The summed E-state index contributed by atoms with van der Waals surface area (Å²) in [7, 11) is -3.61. The number of esters is 1. The van der Waals surface area contributed by atoms with Crippen molar-refractivity contribution >= 4 is 27.6 Å². The second-order valence-electron chi connectivity index (χ2n) is 8.24. The van der Waals surface area contributed by atoms with Gasteiger partial charge in [-0.25, -0.2) is 13.2 Å². The van der Waals surface area contributed by atoms with Crippen LogP contribution in [0.2, 0.25) is 0 Å². The fraction of sp³-hybridized carbons (Fsp3) is 0.417. The summed E-state index contributed by atoms with van der Waals surface area (Å²) in [6, 6.07) is 10.6. The van der Waals surface area contributed by atoms with E-state index >= 15 is 0 Å². The molecule has 0 radical (unpaired) electrons. The SMILES string of the molecule is CC(OC(=O)c1ccc(S(=O)(=O)N2CCCCCC2)cc1)C(=O)Nc1ccc2c(c1)OCCO2. The third kappa shape index (κ3) is 5.51. The summed E-state index contributed by atoms with van der Waals surface area (Å²) >= 11 is 0. The number of anilines is 1. The summed E-state index contributed by atoms with van der Waals surface area (Å²) in [4.78, 5) is 25.1. The number of ether oxygens (including phenoxy) is 3. The van der Waals surface area contributed by atoms with Crippen molar-refractivity contribution in [2.75, 3.05) is 31.6 Å². The van der Waals surface area contributed by atoms with Crippen molar-refractivity contribution in [2.45, 2.75) is 43.6 Å². The Kier molecular flexibility index (Phi) is 7.38. The van der Waals surface area contributed by atoms with Crippen LogP contribution in [-0.2, 0) is 19.6 Å². The molecule has 0 aromatic heterocycles. The molecule has 0 bridgehead atoms. The molecule has 1 saturated heterocycles. The van der Waals surface area contributed by atoms with E-state index in [-0.39, 0.29) is 10.5 Å². The van der Waals surface area contributed by atoms with Gasteiger partial charge in [-0.2, -0.15) is 4.31 Å². The van der Waals surface area contributed by atoms with Crippen molar-refractivity contribution in [3.63, 3.8) is 0 Å². The second-order valence-corrected chi connectivity index (χ2v) is 10.2. The van der Waals surface area contributed by atoms with E-state index in [0.717, 1.165) is 25.7 Å². The highest BCUT2D eigenvalue weighted by molar-refractivity contribution is 7.89. The molecule has 2 aliphatic heterocycles. The summed E-state index contributed by atoms with van der Waals surface area (Å²) in [5, 5.41) is 2.68. The van der Waals surface area contributed by atoms with Gasteiger partial charge in [0.2, 0.25) is 10.0 Å². The molecular weight excluding hydrogens is 460 g/mol. The zero-order valence-corrected chi connectivity index (χ0v) is 19.8. The number of hydrogen-bond acceptors (Lipinski definition) is 7. The molecular formula is C24H28N2O7S. The number of nitrogens with zero attached hydrogens (tertiary/aromatic N) is 1. The van der Waals surface area contributed by atoms with E-state index in [1.807, 2.05) is 0 Å². The van der Waals surface area contributed by atoms with Crippen molar-refractivity contribution in [3.8, 4) is 11.5 Å². The van der Waals surface area contributed by atoms with Gasteiger partial charge >= 0.3 is 5.97 Å². The lowest BCUT2D eigenvalue weighted by Gasteiger charge is -2.20. The lowest BCUT2D eigenvalue weighted by atomic mass is 10.2. The highest BCUT2D eigenvalue weighted by Crippen LogP contribution is 2.32. The first kappa shape index (κ1) is 24.0. The molecule has 1 unspecified atom stereocenters. The van der Waals surface area contributed by atoms with Gasteiger partial charge in [0.05, 0.1) is 10.5 Å². The lowest BCUT2D eigenvalue weighted by molar-refractivity contribution is -0.123. The number of benzene rings is 2. The van der Waals surface area contributed by atoms with Crippen LogP contribution < -0.4 is 14.8 Å². The molecule has 182 valence electrons. The molecule has 2 aliphatic rings. The maximum absolute atomic E-state index is 12.9. The first-order valence-corrected chi connectivity index (χ1v) is 12.8. The van der Waals surface area contributed by atoms with Crippen LogP contribution in [0.1, 0.15) is 43.0 Å². The fourth-order valence-electron chi connectivity index (χ4n) is 3.84. The van der Waals surface area contributed by atoms with Gasteiger partial charge in [0, 0.05) is 24.8 Å². The Morgan fingerprint density at radius 1 is 0.941 bits per heavy atom. The minimum absolute atomic E-state index is 0.135. The zero-order valence-electron chi connectivity index (χ0n) is 19.0. The van der Waals surface area contributed by atoms with Gasteiger partial charge in [0.15, 0.2) is 17.6 Å². The van der Waals surface area contributed by atoms with Crippen molar-refractivity contribution in [1.82, 2.24) is 4.31 Å². The first-order chi connectivity index (χ1) is 16.3. The van der Waals surface area contributed by atoms with Gasteiger partial charge in [-0.05, 0) is 56.2 Å². The molecule has 1 N–H and O–H groups in total. The Bertz CT molecular complexity index is 1140. The van der Waals surface area contributed by atoms with E-state index in [4.69, 9.17) is 14.2 Å². The zero-order chi connectivity index (χ0) is 24.1. The standard InChI is InChI=1S/C24H28N2O7S/c1-17(23(27)25-19-8-11-21-22(16-19)32-15-14-31-21)33-24(28)18-6-9-20(10-7-18)34(29,30)26-12-4-2-3-5-13-26/h6-11,16-17H,2-5,12-15H2,1H3,(H,25,27). The maximum Gasteiger partial charge on any atom is 0.338 e. The monoisotopic (exact) mass is 488 g/mol. The molecule has 2 aromatic rings. The molecule has 0 spiro atoms. The van der Waals surface area contributed by atoms with Crippen molar-refractivity contribution in [2.24, 2.45) is 0 Å². The summed E-state index contributed by atoms with van der Waals surface area (Å²) in [5.74, 6) is -0.0946. The largest absolute Gasteiger partial charge is 0.486 e. The third-order valence-corrected chi connectivity index (χ3v) is 7.67. The summed E-state index contributed by atoms with van der Waals surface area (Å²) in [6.45, 7) is 3.36. The number of hydrogen-bond donors (Lipinski definition) is 1. The molecule has 34 heavy (non-hydrogen) atoms. The van der Waals surface area contributed by atoms with Crippen molar-refractivity contribution in [1.29, 1.82) is 0 Å². The number of fused-ring (bicyclic) bond motifs is 1. The van der Waals surface area contributed by atoms with Crippen LogP contribution in [0, 0.1) is 0 Å². The quantitative estimate of drug-likeness (QED) is 0.622. The second kappa shape index (κ2) is 10.4. The Balaban J connectivity index is 1.36. The molecule has 0 aliphatic carbocycles. The van der Waals surface area contributed by atoms with E-state index in [0.29, 0.717) is 43.5 Å². The highest BCUT2D eigenvalue weighted by Gasteiger charge is 2.26. The van der Waals surface area contributed by atoms with Gasteiger partial charge in [-0.15, -0.1) is 0 Å². The molecule has 4 rings (SSSR count). The predicted octanol–water partition coefficient (Wildman–Crippen LogP) is 3.21. The Labute approximate surface area is 199 Å². The molecule has 1 fully saturated rings. The van der Waals surface area contributed by atoms with E-state index in [1.165, 1.54) is 35.5 Å². The number of amides is 1. The van der Waals surface area contributed by atoms with Crippen LogP contribution in [0.15, 0.2) is 47.4 Å². The summed E-state index contributed by atoms with van der Waals surface area (Å²) in [6.07, 6.45) is 2.67. The number of nitrogens with one attached hydrogen (secondary N) is 1. The van der Waals surface area contributed by atoms with E-state index < -0.39 is 28.0 Å². The normalized spacial score (nSPS) is 17.3. The van der Waals surface area contributed by atoms with Gasteiger partial charge < -0.3 is 19.5 Å². The first-order valence-electron chi connectivity index (χ1n) is 11.4. The molecule has 2 aromatic carbocycles. The van der Waals surface area contributed by atoms with Gasteiger partial charge in [-0.1, -0.05) is 12.8 Å². The van der Waals surface area contributed by atoms with Crippen LogP contribution >= 0.6 is 0 Å². The smallest absolute Gasteiger partial charge is 0.338 e. The van der Waals surface area contributed by atoms with E-state index in [2.05, 4.69) is 5.32 Å². The molecule has 1 amide bonds. The van der Waals surface area contributed by atoms with E-state index in [1.54, 1.807) is 18.2 Å². The average Bonchev–Trinajstić information content (AvgIpc) is 3.14. The number of sulfonamides is 1. The van der Waals surface area contributed by atoms with Crippen LogP contribution in [0.3, 0.4) is 0 Å². The Hall–Kier alpha value is -3.11. The van der Waals surface area contributed by atoms with Crippen molar-refractivity contribution < 1.29 is 32.2 Å². The minimum atomic E-state index is -3.61. The van der Waals surface area contributed by atoms with Crippen LogP contribution in [0.25, 0.3) is 0 Å². The molecule has 0 saturated carbocycles. The Morgan fingerprint density at radius 3 is 2.26 bits per heavy atom. The minimum Gasteiger partial charge on any atom is -0.486 e. The summed E-state index contributed by atoms with van der Waals surface area (Å²) in [5.41, 5.74) is 0.647. The van der Waals surface area contributed by atoms with Gasteiger partial charge in [-0.3, -0.25) is 4.79 Å². The topological polar surface area (TPSA) is 111 Å². The number of carbonyl (C=O) groups excluding carboxylic acids is 2. The van der Waals surface area contributed by atoms with Gasteiger partial charge in [0.25, 0.3) is 5.91 Å². The maximum atomic E-state index is 12.9.